The molecule has 4 aliphatic carbocycles. The predicted molar refractivity (Wildman–Crippen MR) is 78.4 cm³/mol. The molecule has 1 aromatic rings. The number of hydrogen-bond acceptors (Lipinski definition) is 2. The molecule has 0 N–H and O–H groups in total. The van der Waals surface area contributed by atoms with Crippen LogP contribution in [0.4, 0.5) is 0 Å². The third-order valence-electron chi connectivity index (χ3n) is 5.19. The SMILES string of the molecule is Clc1cc(OC2C3CC4CC(C3)CC2C4)c(Br)cn1. The highest BCUT2D eigenvalue weighted by atomic mass is 79.9. The van der Waals surface area contributed by atoms with Crippen LogP contribution in [0, 0.1) is 23.7 Å². The molecule has 4 fully saturated rings. The lowest BCUT2D eigenvalue weighted by Gasteiger charge is -2.53. The van der Waals surface area contributed by atoms with Crippen LogP contribution in [0.5, 0.6) is 5.75 Å². The molecule has 0 radical (unpaired) electrons. The molecule has 4 heteroatoms. The smallest absolute Gasteiger partial charge is 0.138 e. The molecule has 5 rings (SSSR count). The predicted octanol–water partition coefficient (Wildman–Crippen LogP) is 4.70. The summed E-state index contributed by atoms with van der Waals surface area (Å²) in [5, 5.41) is 0.502. The zero-order valence-electron chi connectivity index (χ0n) is 10.7. The number of halogens is 2. The Hall–Kier alpha value is -0.280. The first-order chi connectivity index (χ1) is 9.19. The molecule has 1 heterocycles. The van der Waals surface area contributed by atoms with E-state index in [2.05, 4.69) is 20.9 Å². The largest absolute Gasteiger partial charge is 0.488 e. The van der Waals surface area contributed by atoms with Gasteiger partial charge in [-0.2, -0.15) is 0 Å². The summed E-state index contributed by atoms with van der Waals surface area (Å²) in [5.41, 5.74) is 0. The number of hydrogen-bond donors (Lipinski definition) is 0. The van der Waals surface area contributed by atoms with E-state index < -0.39 is 0 Å². The Morgan fingerprint density at radius 3 is 2.37 bits per heavy atom. The highest BCUT2D eigenvalue weighted by Gasteiger charge is 2.49. The molecule has 4 saturated carbocycles. The first-order valence-corrected chi connectivity index (χ1v) is 8.34. The Bertz CT molecular complexity index is 479. The minimum Gasteiger partial charge on any atom is -0.488 e. The lowest BCUT2D eigenvalue weighted by molar-refractivity contribution is -0.0792. The van der Waals surface area contributed by atoms with Crippen molar-refractivity contribution in [3.8, 4) is 5.75 Å². The van der Waals surface area contributed by atoms with Gasteiger partial charge in [0.2, 0.25) is 0 Å². The van der Waals surface area contributed by atoms with Crippen LogP contribution in [-0.2, 0) is 0 Å². The summed E-state index contributed by atoms with van der Waals surface area (Å²) < 4.78 is 7.24. The van der Waals surface area contributed by atoms with Gasteiger partial charge in [-0.15, -0.1) is 0 Å². The molecule has 2 nitrogen and oxygen atoms in total. The second-order valence-corrected chi connectivity index (χ2v) is 7.69. The van der Waals surface area contributed by atoms with E-state index in [0.29, 0.717) is 11.3 Å². The Labute approximate surface area is 127 Å². The number of nitrogens with zero attached hydrogens (tertiary/aromatic N) is 1. The maximum Gasteiger partial charge on any atom is 0.138 e. The molecular formula is C15H17BrClNO. The Morgan fingerprint density at radius 2 is 1.74 bits per heavy atom. The molecule has 0 aromatic carbocycles. The molecule has 1 aromatic heterocycles. The van der Waals surface area contributed by atoms with Gasteiger partial charge in [-0.05, 0) is 71.7 Å². The molecule has 19 heavy (non-hydrogen) atoms. The maximum atomic E-state index is 6.33. The zero-order valence-corrected chi connectivity index (χ0v) is 13.0. The van der Waals surface area contributed by atoms with Gasteiger partial charge in [0.1, 0.15) is 17.0 Å². The maximum absolute atomic E-state index is 6.33. The number of rotatable bonds is 2. The first kappa shape index (κ1) is 12.5. The van der Waals surface area contributed by atoms with E-state index >= 15 is 0 Å². The summed E-state index contributed by atoms with van der Waals surface area (Å²) >= 11 is 9.48. The molecule has 4 aliphatic rings. The fraction of sp³-hybridized carbons (Fsp3) is 0.667. The highest BCUT2D eigenvalue weighted by molar-refractivity contribution is 9.10. The average Bonchev–Trinajstić information content (AvgIpc) is 2.37. The van der Waals surface area contributed by atoms with E-state index in [-0.39, 0.29) is 0 Å². The van der Waals surface area contributed by atoms with Crippen LogP contribution in [0.15, 0.2) is 16.7 Å². The second-order valence-electron chi connectivity index (χ2n) is 6.45. The van der Waals surface area contributed by atoms with Crippen LogP contribution in [0.1, 0.15) is 32.1 Å². The summed E-state index contributed by atoms with van der Waals surface area (Å²) in [7, 11) is 0. The van der Waals surface area contributed by atoms with Crippen LogP contribution in [0.3, 0.4) is 0 Å². The summed E-state index contributed by atoms with van der Waals surface area (Å²) in [4.78, 5) is 4.06. The summed E-state index contributed by atoms with van der Waals surface area (Å²) in [6.45, 7) is 0. The number of pyridine rings is 1. The Balaban J connectivity index is 1.58. The van der Waals surface area contributed by atoms with Crippen LogP contribution in [0.25, 0.3) is 0 Å². The van der Waals surface area contributed by atoms with E-state index in [0.717, 1.165) is 33.9 Å². The Kier molecular flexibility index (Phi) is 3.03. The number of ether oxygens (including phenoxy) is 1. The fourth-order valence-electron chi connectivity index (χ4n) is 4.70. The number of aromatic nitrogens is 1. The van der Waals surface area contributed by atoms with Crippen LogP contribution in [-0.4, -0.2) is 11.1 Å². The first-order valence-electron chi connectivity index (χ1n) is 7.16. The minimum atomic E-state index is 0.391. The molecular weight excluding hydrogens is 326 g/mol. The zero-order chi connectivity index (χ0) is 13.0. The van der Waals surface area contributed by atoms with Gasteiger partial charge in [0, 0.05) is 12.3 Å². The second kappa shape index (κ2) is 4.63. The molecule has 4 bridgehead atoms. The summed E-state index contributed by atoms with van der Waals surface area (Å²) in [6.07, 6.45) is 9.07. The van der Waals surface area contributed by atoms with E-state index in [1.54, 1.807) is 6.20 Å². The molecule has 0 atom stereocenters. The van der Waals surface area contributed by atoms with Crippen LogP contribution >= 0.6 is 27.5 Å². The van der Waals surface area contributed by atoms with E-state index in [9.17, 15) is 0 Å². The molecule has 0 saturated heterocycles. The van der Waals surface area contributed by atoms with Gasteiger partial charge in [-0.1, -0.05) is 11.6 Å². The lowest BCUT2D eigenvalue weighted by Crippen LogP contribution is -2.50. The summed E-state index contributed by atoms with van der Waals surface area (Å²) in [6, 6.07) is 1.83. The third-order valence-corrected chi connectivity index (χ3v) is 5.99. The Morgan fingerprint density at radius 1 is 1.11 bits per heavy atom. The molecule has 0 amide bonds. The van der Waals surface area contributed by atoms with Crippen molar-refractivity contribution in [3.63, 3.8) is 0 Å². The monoisotopic (exact) mass is 341 g/mol. The van der Waals surface area contributed by atoms with Gasteiger partial charge in [-0.3, -0.25) is 0 Å². The van der Waals surface area contributed by atoms with Crippen molar-refractivity contribution in [2.45, 2.75) is 38.2 Å². The summed E-state index contributed by atoms with van der Waals surface area (Å²) in [5.74, 6) is 4.33. The fourth-order valence-corrected chi connectivity index (χ4v) is 5.16. The van der Waals surface area contributed by atoms with Gasteiger partial charge < -0.3 is 4.74 Å². The standard InChI is InChI=1S/C15H17BrClNO/c16-12-7-18-14(17)6-13(12)19-15-10-2-8-1-9(4-10)5-11(15)3-8/h6-11,15H,1-5H2. The van der Waals surface area contributed by atoms with Crippen molar-refractivity contribution < 1.29 is 4.74 Å². The van der Waals surface area contributed by atoms with Crippen LogP contribution < -0.4 is 4.74 Å². The van der Waals surface area contributed by atoms with Crippen molar-refractivity contribution in [1.29, 1.82) is 0 Å². The molecule has 102 valence electrons. The molecule has 0 unspecified atom stereocenters. The van der Waals surface area contributed by atoms with E-state index in [1.165, 1.54) is 32.1 Å². The molecule has 0 spiro atoms. The van der Waals surface area contributed by atoms with Crippen LogP contribution in [0.2, 0.25) is 5.15 Å². The van der Waals surface area contributed by atoms with Gasteiger partial charge in [0.25, 0.3) is 0 Å². The van der Waals surface area contributed by atoms with Crippen molar-refractivity contribution in [2.24, 2.45) is 23.7 Å². The van der Waals surface area contributed by atoms with Gasteiger partial charge in [-0.25, -0.2) is 4.98 Å². The van der Waals surface area contributed by atoms with Gasteiger partial charge in [0.05, 0.1) is 4.47 Å². The average molecular weight is 343 g/mol. The van der Waals surface area contributed by atoms with Crippen molar-refractivity contribution >= 4 is 27.5 Å². The van der Waals surface area contributed by atoms with E-state index in [4.69, 9.17) is 16.3 Å². The topological polar surface area (TPSA) is 22.1 Å². The van der Waals surface area contributed by atoms with Crippen molar-refractivity contribution in [1.82, 2.24) is 4.98 Å². The lowest BCUT2D eigenvalue weighted by atomic mass is 9.55. The van der Waals surface area contributed by atoms with Crippen molar-refractivity contribution in [2.75, 3.05) is 0 Å². The minimum absolute atomic E-state index is 0.391. The highest BCUT2D eigenvalue weighted by Crippen LogP contribution is 2.54. The normalized spacial score (nSPS) is 39.6. The van der Waals surface area contributed by atoms with Gasteiger partial charge >= 0.3 is 0 Å². The van der Waals surface area contributed by atoms with Crippen molar-refractivity contribution in [3.05, 3.63) is 21.9 Å². The van der Waals surface area contributed by atoms with E-state index in [1.807, 2.05) is 6.07 Å². The quantitative estimate of drug-likeness (QED) is 0.727. The third kappa shape index (κ3) is 2.19. The van der Waals surface area contributed by atoms with Gasteiger partial charge in [0.15, 0.2) is 0 Å². The molecule has 0 aliphatic heterocycles.